The molecule has 16 heavy (non-hydrogen) atoms. The van der Waals surface area contributed by atoms with E-state index in [1.165, 1.54) is 0 Å². The quantitative estimate of drug-likeness (QED) is 0.818. The lowest BCUT2D eigenvalue weighted by atomic mass is 10.2. The molecule has 0 heterocycles. The van der Waals surface area contributed by atoms with Crippen molar-refractivity contribution in [3.8, 4) is 0 Å². The van der Waals surface area contributed by atoms with Gasteiger partial charge in [0.15, 0.2) is 0 Å². The zero-order valence-electron chi connectivity index (χ0n) is 9.29. The molecule has 3 nitrogen and oxygen atoms in total. The van der Waals surface area contributed by atoms with Crippen LogP contribution >= 0.6 is 15.9 Å². The molecule has 1 amide bonds. The summed E-state index contributed by atoms with van der Waals surface area (Å²) in [4.78, 5) is 11.5. The lowest BCUT2D eigenvalue weighted by Gasteiger charge is -2.06. The minimum absolute atomic E-state index is 0.00838. The number of carbonyl (C=O) groups is 1. The molecule has 4 heteroatoms. The van der Waals surface area contributed by atoms with Gasteiger partial charge in [-0.25, -0.2) is 0 Å². The summed E-state index contributed by atoms with van der Waals surface area (Å²) in [6.07, 6.45) is 1.84. The fraction of sp³-hybridized carbons (Fsp3) is 0.417. The maximum absolute atomic E-state index is 11.5. The van der Waals surface area contributed by atoms with Crippen molar-refractivity contribution >= 4 is 27.5 Å². The van der Waals surface area contributed by atoms with Crippen molar-refractivity contribution in [2.75, 3.05) is 11.9 Å². The van der Waals surface area contributed by atoms with Gasteiger partial charge < -0.3 is 10.4 Å². The minimum atomic E-state index is -0.00838. The first-order valence-electron chi connectivity index (χ1n) is 5.29. The number of aryl methyl sites for hydroxylation is 1. The van der Waals surface area contributed by atoms with E-state index in [-0.39, 0.29) is 12.5 Å². The molecular weight excluding hydrogens is 270 g/mol. The first-order valence-corrected chi connectivity index (χ1v) is 6.09. The molecule has 0 aliphatic carbocycles. The molecule has 1 aromatic carbocycles. The first-order chi connectivity index (χ1) is 7.61. The number of hydrogen-bond donors (Lipinski definition) is 2. The Morgan fingerprint density at radius 3 is 2.75 bits per heavy atom. The molecule has 0 saturated heterocycles. The van der Waals surface area contributed by atoms with Gasteiger partial charge in [-0.05, 0) is 43.5 Å². The third-order valence-corrected chi connectivity index (χ3v) is 2.60. The highest BCUT2D eigenvalue weighted by Crippen LogP contribution is 2.19. The van der Waals surface area contributed by atoms with Gasteiger partial charge in [-0.3, -0.25) is 4.79 Å². The van der Waals surface area contributed by atoms with E-state index in [1.807, 2.05) is 25.1 Å². The summed E-state index contributed by atoms with van der Waals surface area (Å²) in [5.41, 5.74) is 1.90. The van der Waals surface area contributed by atoms with Crippen molar-refractivity contribution in [1.82, 2.24) is 0 Å². The van der Waals surface area contributed by atoms with Crippen LogP contribution < -0.4 is 5.32 Å². The summed E-state index contributed by atoms with van der Waals surface area (Å²) in [6.45, 7) is 2.12. The maximum Gasteiger partial charge on any atom is 0.224 e. The Hall–Kier alpha value is -0.870. The molecule has 0 aliphatic heterocycles. The van der Waals surface area contributed by atoms with Gasteiger partial charge in [0.05, 0.1) is 0 Å². The van der Waals surface area contributed by atoms with E-state index in [0.717, 1.165) is 22.1 Å². The second kappa shape index (κ2) is 6.66. The molecule has 1 aromatic rings. The second-order valence-electron chi connectivity index (χ2n) is 3.75. The summed E-state index contributed by atoms with van der Waals surface area (Å²) in [7, 11) is 0. The monoisotopic (exact) mass is 285 g/mol. The van der Waals surface area contributed by atoms with Crippen molar-refractivity contribution in [2.24, 2.45) is 0 Å². The SMILES string of the molecule is Cc1cc(Br)cc(NC(=O)CCCCO)c1. The van der Waals surface area contributed by atoms with Crippen molar-refractivity contribution in [3.63, 3.8) is 0 Å². The normalized spacial score (nSPS) is 10.2. The molecule has 2 N–H and O–H groups in total. The lowest BCUT2D eigenvalue weighted by Crippen LogP contribution is -2.11. The molecule has 0 atom stereocenters. The summed E-state index contributed by atoms with van der Waals surface area (Å²) >= 11 is 3.38. The highest BCUT2D eigenvalue weighted by molar-refractivity contribution is 9.10. The Kier molecular flexibility index (Phi) is 5.49. The van der Waals surface area contributed by atoms with Gasteiger partial charge in [0.1, 0.15) is 0 Å². The topological polar surface area (TPSA) is 49.3 Å². The fourth-order valence-corrected chi connectivity index (χ4v) is 2.04. The van der Waals surface area contributed by atoms with E-state index in [9.17, 15) is 4.79 Å². The third-order valence-electron chi connectivity index (χ3n) is 2.14. The van der Waals surface area contributed by atoms with Gasteiger partial charge in [-0.15, -0.1) is 0 Å². The van der Waals surface area contributed by atoms with Gasteiger partial charge >= 0.3 is 0 Å². The summed E-state index contributed by atoms with van der Waals surface area (Å²) < 4.78 is 0.957. The average Bonchev–Trinajstić information content (AvgIpc) is 2.16. The molecule has 0 radical (unpaired) electrons. The molecule has 0 aliphatic rings. The number of halogens is 1. The number of anilines is 1. The van der Waals surface area contributed by atoms with E-state index >= 15 is 0 Å². The summed E-state index contributed by atoms with van der Waals surface area (Å²) in [5.74, 6) is -0.00838. The molecule has 1 rings (SSSR count). The van der Waals surface area contributed by atoms with Crippen LogP contribution in [0.5, 0.6) is 0 Å². The third kappa shape index (κ3) is 4.77. The van der Waals surface area contributed by atoms with E-state index in [2.05, 4.69) is 21.2 Å². The number of hydrogen-bond acceptors (Lipinski definition) is 2. The fourth-order valence-electron chi connectivity index (χ4n) is 1.43. The average molecular weight is 286 g/mol. The number of rotatable bonds is 5. The Labute approximate surface area is 104 Å². The maximum atomic E-state index is 11.5. The zero-order valence-corrected chi connectivity index (χ0v) is 10.9. The van der Waals surface area contributed by atoms with Gasteiger partial charge in [0.25, 0.3) is 0 Å². The summed E-state index contributed by atoms with van der Waals surface area (Å²) in [5, 5.41) is 11.4. The lowest BCUT2D eigenvalue weighted by molar-refractivity contribution is -0.116. The number of aliphatic hydroxyl groups excluding tert-OH is 1. The van der Waals surface area contributed by atoms with Crippen molar-refractivity contribution in [3.05, 3.63) is 28.2 Å². The van der Waals surface area contributed by atoms with Gasteiger partial charge in [0, 0.05) is 23.2 Å². The van der Waals surface area contributed by atoms with Crippen LogP contribution in [0.25, 0.3) is 0 Å². The Morgan fingerprint density at radius 2 is 2.12 bits per heavy atom. The molecule has 0 aromatic heterocycles. The van der Waals surface area contributed by atoms with E-state index < -0.39 is 0 Å². The van der Waals surface area contributed by atoms with Crippen LogP contribution in [-0.4, -0.2) is 17.6 Å². The molecule has 0 unspecified atom stereocenters. The van der Waals surface area contributed by atoms with Crippen LogP contribution in [0.2, 0.25) is 0 Å². The second-order valence-corrected chi connectivity index (χ2v) is 4.66. The van der Waals surface area contributed by atoms with Crippen LogP contribution in [0.15, 0.2) is 22.7 Å². The molecular formula is C12H16BrNO2. The predicted octanol–water partition coefficient (Wildman–Crippen LogP) is 2.86. The van der Waals surface area contributed by atoms with Crippen molar-refractivity contribution in [1.29, 1.82) is 0 Å². The van der Waals surface area contributed by atoms with Gasteiger partial charge in [-0.1, -0.05) is 15.9 Å². The molecule has 0 saturated carbocycles. The smallest absolute Gasteiger partial charge is 0.224 e. The Morgan fingerprint density at radius 1 is 1.38 bits per heavy atom. The zero-order chi connectivity index (χ0) is 12.0. The standard InChI is InChI=1S/C12H16BrNO2/c1-9-6-10(13)8-11(7-9)14-12(16)4-2-3-5-15/h6-8,15H,2-5H2,1H3,(H,14,16). The highest BCUT2D eigenvalue weighted by Gasteiger charge is 2.03. The summed E-state index contributed by atoms with van der Waals surface area (Å²) in [6, 6.07) is 5.78. The van der Waals surface area contributed by atoms with Crippen LogP contribution in [0.4, 0.5) is 5.69 Å². The first kappa shape index (κ1) is 13.2. The van der Waals surface area contributed by atoms with Crippen LogP contribution in [0.3, 0.4) is 0 Å². The number of carbonyl (C=O) groups excluding carboxylic acids is 1. The van der Waals surface area contributed by atoms with Crippen LogP contribution in [-0.2, 0) is 4.79 Å². The van der Waals surface area contributed by atoms with Gasteiger partial charge in [0.2, 0.25) is 5.91 Å². The van der Waals surface area contributed by atoms with E-state index in [1.54, 1.807) is 0 Å². The Balaban J connectivity index is 2.49. The molecule has 0 spiro atoms. The van der Waals surface area contributed by atoms with Crippen molar-refractivity contribution in [2.45, 2.75) is 26.2 Å². The number of amides is 1. The van der Waals surface area contributed by atoms with Crippen LogP contribution in [0.1, 0.15) is 24.8 Å². The van der Waals surface area contributed by atoms with Gasteiger partial charge in [-0.2, -0.15) is 0 Å². The number of nitrogens with one attached hydrogen (secondary N) is 1. The minimum Gasteiger partial charge on any atom is -0.396 e. The molecule has 0 bridgehead atoms. The number of benzene rings is 1. The van der Waals surface area contributed by atoms with E-state index in [0.29, 0.717) is 12.8 Å². The molecule has 0 fully saturated rings. The number of unbranched alkanes of at least 4 members (excludes halogenated alkanes) is 1. The predicted molar refractivity (Wildman–Crippen MR) is 68.4 cm³/mol. The number of aliphatic hydroxyl groups is 1. The highest BCUT2D eigenvalue weighted by atomic mass is 79.9. The molecule has 88 valence electrons. The van der Waals surface area contributed by atoms with Crippen LogP contribution in [0, 0.1) is 6.92 Å². The van der Waals surface area contributed by atoms with Crippen molar-refractivity contribution < 1.29 is 9.90 Å². The Bertz CT molecular complexity index is 346. The van der Waals surface area contributed by atoms with E-state index in [4.69, 9.17) is 5.11 Å². The largest absolute Gasteiger partial charge is 0.396 e.